The molecule has 1 aromatic heterocycles. The highest BCUT2D eigenvalue weighted by molar-refractivity contribution is 5.95. The van der Waals surface area contributed by atoms with Gasteiger partial charge in [-0.05, 0) is 36.4 Å². The zero-order valence-corrected chi connectivity index (χ0v) is 11.8. The van der Waals surface area contributed by atoms with Crippen LogP contribution in [0.5, 0.6) is 5.75 Å². The largest absolute Gasteiger partial charge is 0.484 e. The Morgan fingerprint density at radius 1 is 1.17 bits per heavy atom. The van der Waals surface area contributed by atoms with Gasteiger partial charge in [-0.3, -0.25) is 25.2 Å². The maximum Gasteiger partial charge on any atom is 0.276 e. The van der Waals surface area contributed by atoms with Gasteiger partial charge in [0.2, 0.25) is 0 Å². The van der Waals surface area contributed by atoms with Gasteiger partial charge in [0.15, 0.2) is 6.61 Å². The normalized spacial score (nSPS) is 9.52. The molecule has 0 spiro atoms. The average Bonchev–Trinajstić information content (AvgIpc) is 2.58. The Hall–Kier alpha value is -3.60. The molecule has 0 bridgehead atoms. The van der Waals surface area contributed by atoms with Gasteiger partial charge in [0.1, 0.15) is 11.3 Å². The molecule has 0 saturated heterocycles. The maximum absolute atomic E-state index is 11.7. The number of hydrogen-bond donors (Lipinski definition) is 3. The Morgan fingerprint density at radius 2 is 1.91 bits per heavy atom. The fraction of sp³-hybridized carbons (Fsp3) is 0.0667. The minimum Gasteiger partial charge on any atom is -0.484 e. The number of aromatic amines is 1. The minimum absolute atomic E-state index is 0.124. The van der Waals surface area contributed by atoms with E-state index < -0.39 is 17.4 Å². The first-order valence-electron chi connectivity index (χ1n) is 6.50. The van der Waals surface area contributed by atoms with Gasteiger partial charge in [0.05, 0.1) is 11.6 Å². The van der Waals surface area contributed by atoms with Gasteiger partial charge < -0.3 is 9.72 Å². The van der Waals surface area contributed by atoms with E-state index in [2.05, 4.69) is 15.8 Å². The fourth-order valence-corrected chi connectivity index (χ4v) is 1.60. The van der Waals surface area contributed by atoms with Gasteiger partial charge in [0, 0.05) is 6.20 Å². The second-order valence-corrected chi connectivity index (χ2v) is 4.34. The van der Waals surface area contributed by atoms with Gasteiger partial charge in [-0.25, -0.2) is 0 Å². The zero-order chi connectivity index (χ0) is 16.7. The lowest BCUT2D eigenvalue weighted by atomic mass is 10.2. The van der Waals surface area contributed by atoms with E-state index >= 15 is 0 Å². The van der Waals surface area contributed by atoms with Crippen LogP contribution in [0.2, 0.25) is 0 Å². The van der Waals surface area contributed by atoms with E-state index in [1.807, 2.05) is 6.07 Å². The summed E-state index contributed by atoms with van der Waals surface area (Å²) in [6, 6.07) is 11.0. The van der Waals surface area contributed by atoms with Crippen molar-refractivity contribution in [2.24, 2.45) is 0 Å². The average molecular weight is 312 g/mol. The predicted octanol–water partition coefficient (Wildman–Crippen LogP) is 0.0866. The van der Waals surface area contributed by atoms with Crippen LogP contribution in [-0.4, -0.2) is 23.4 Å². The molecule has 0 atom stereocenters. The summed E-state index contributed by atoms with van der Waals surface area (Å²) in [7, 11) is 0. The smallest absolute Gasteiger partial charge is 0.276 e. The molecular formula is C15H12N4O4. The summed E-state index contributed by atoms with van der Waals surface area (Å²) in [5, 5.41) is 8.66. The summed E-state index contributed by atoms with van der Waals surface area (Å²) < 4.78 is 5.19. The van der Waals surface area contributed by atoms with E-state index in [0.29, 0.717) is 11.3 Å². The van der Waals surface area contributed by atoms with Crippen LogP contribution in [0, 0.1) is 11.3 Å². The number of hydrazine groups is 1. The third-order valence-electron chi connectivity index (χ3n) is 2.73. The van der Waals surface area contributed by atoms with Crippen molar-refractivity contribution in [2.45, 2.75) is 0 Å². The lowest BCUT2D eigenvalue weighted by Gasteiger charge is -2.08. The molecule has 1 heterocycles. The number of nitriles is 1. The molecule has 2 rings (SSSR count). The molecule has 8 nitrogen and oxygen atoms in total. The maximum atomic E-state index is 11.7. The summed E-state index contributed by atoms with van der Waals surface area (Å²) in [5.74, 6) is -0.932. The topological polar surface area (TPSA) is 124 Å². The Kier molecular flexibility index (Phi) is 5.09. The molecular weight excluding hydrogens is 300 g/mol. The van der Waals surface area contributed by atoms with E-state index in [-0.39, 0.29) is 12.2 Å². The number of nitrogens with one attached hydrogen (secondary N) is 3. The van der Waals surface area contributed by atoms with Gasteiger partial charge in [-0.1, -0.05) is 0 Å². The Bertz CT molecular complexity index is 805. The highest BCUT2D eigenvalue weighted by Gasteiger charge is 2.10. The number of rotatable bonds is 4. The molecule has 2 aromatic rings. The van der Waals surface area contributed by atoms with E-state index in [9.17, 15) is 14.4 Å². The van der Waals surface area contributed by atoms with Crippen LogP contribution < -0.4 is 21.1 Å². The van der Waals surface area contributed by atoms with Crippen molar-refractivity contribution < 1.29 is 14.3 Å². The number of nitrogens with zero attached hydrogens (tertiary/aromatic N) is 1. The minimum atomic E-state index is -0.737. The van der Waals surface area contributed by atoms with Crippen molar-refractivity contribution in [3.05, 3.63) is 64.1 Å². The van der Waals surface area contributed by atoms with Crippen LogP contribution in [0.4, 0.5) is 0 Å². The molecule has 0 aliphatic heterocycles. The number of hydrogen-bond acceptors (Lipinski definition) is 5. The number of ether oxygens (including phenoxy) is 1. The first-order chi connectivity index (χ1) is 11.1. The number of carbonyl (C=O) groups is 2. The van der Waals surface area contributed by atoms with E-state index in [0.717, 1.165) is 0 Å². The van der Waals surface area contributed by atoms with Crippen molar-refractivity contribution >= 4 is 11.8 Å². The van der Waals surface area contributed by atoms with Crippen LogP contribution in [0.3, 0.4) is 0 Å². The van der Waals surface area contributed by atoms with Crippen molar-refractivity contribution in [2.75, 3.05) is 6.61 Å². The van der Waals surface area contributed by atoms with E-state index in [4.69, 9.17) is 10.00 Å². The van der Waals surface area contributed by atoms with Gasteiger partial charge in [0.25, 0.3) is 17.4 Å². The third-order valence-corrected chi connectivity index (χ3v) is 2.73. The van der Waals surface area contributed by atoms with Crippen LogP contribution in [0.1, 0.15) is 15.9 Å². The van der Waals surface area contributed by atoms with Crippen LogP contribution in [0.25, 0.3) is 0 Å². The summed E-state index contributed by atoms with van der Waals surface area (Å²) >= 11 is 0. The van der Waals surface area contributed by atoms with Crippen LogP contribution in [-0.2, 0) is 4.79 Å². The third kappa shape index (κ3) is 4.44. The number of pyridine rings is 1. The van der Waals surface area contributed by atoms with Crippen molar-refractivity contribution in [3.8, 4) is 11.8 Å². The molecule has 0 aliphatic carbocycles. The quantitative estimate of drug-likeness (QED) is 0.690. The molecule has 116 valence electrons. The lowest BCUT2D eigenvalue weighted by Crippen LogP contribution is -2.45. The Labute approximate surface area is 130 Å². The molecule has 0 fully saturated rings. The number of aromatic nitrogens is 1. The molecule has 1 aromatic carbocycles. The first kappa shape index (κ1) is 15.8. The highest BCUT2D eigenvalue weighted by Crippen LogP contribution is 2.10. The number of H-pyrrole nitrogens is 1. The number of benzene rings is 1. The summed E-state index contributed by atoms with van der Waals surface area (Å²) in [5.41, 5.74) is 4.03. The fourth-order valence-electron chi connectivity index (χ4n) is 1.60. The first-order valence-corrected chi connectivity index (χ1v) is 6.50. The van der Waals surface area contributed by atoms with E-state index in [1.54, 1.807) is 24.3 Å². The van der Waals surface area contributed by atoms with Gasteiger partial charge >= 0.3 is 0 Å². The van der Waals surface area contributed by atoms with Gasteiger partial charge in [-0.2, -0.15) is 5.26 Å². The predicted molar refractivity (Wildman–Crippen MR) is 79.3 cm³/mol. The Morgan fingerprint density at radius 3 is 2.57 bits per heavy atom. The van der Waals surface area contributed by atoms with Gasteiger partial charge in [-0.15, -0.1) is 0 Å². The highest BCUT2D eigenvalue weighted by atomic mass is 16.5. The Balaban J connectivity index is 1.81. The van der Waals surface area contributed by atoms with E-state index in [1.165, 1.54) is 18.3 Å². The molecule has 0 unspecified atom stereocenters. The van der Waals surface area contributed by atoms with Crippen LogP contribution >= 0.6 is 0 Å². The second-order valence-electron chi connectivity index (χ2n) is 4.34. The van der Waals surface area contributed by atoms with Crippen molar-refractivity contribution in [3.63, 3.8) is 0 Å². The van der Waals surface area contributed by atoms with Crippen molar-refractivity contribution in [1.82, 2.24) is 15.8 Å². The molecule has 23 heavy (non-hydrogen) atoms. The van der Waals surface area contributed by atoms with Crippen LogP contribution in [0.15, 0.2) is 47.4 Å². The molecule has 0 radical (unpaired) electrons. The van der Waals surface area contributed by atoms with Crippen molar-refractivity contribution in [1.29, 1.82) is 5.26 Å². The second kappa shape index (κ2) is 7.42. The molecule has 2 amide bonds. The zero-order valence-electron chi connectivity index (χ0n) is 11.8. The molecule has 0 aliphatic rings. The standard InChI is InChI=1S/C15H12N4O4/c16-8-10-3-5-11(6-4-10)23-9-13(20)18-19-15(22)12-2-1-7-17-14(12)21/h1-7H,9H2,(H,17,21)(H,18,20)(H,19,22). The number of amides is 2. The SMILES string of the molecule is N#Cc1ccc(OCC(=O)NNC(=O)c2ccc[nH]c2=O)cc1. The molecule has 8 heteroatoms. The molecule has 0 saturated carbocycles. The molecule has 3 N–H and O–H groups in total. The number of carbonyl (C=O) groups excluding carboxylic acids is 2. The lowest BCUT2D eigenvalue weighted by molar-refractivity contribution is -0.123. The summed E-state index contributed by atoms with van der Waals surface area (Å²) in [4.78, 5) is 37.0. The summed E-state index contributed by atoms with van der Waals surface area (Å²) in [6.45, 7) is -0.336. The summed E-state index contributed by atoms with van der Waals surface area (Å²) in [6.07, 6.45) is 1.39. The monoisotopic (exact) mass is 312 g/mol.